The molecule has 7 nitrogen and oxygen atoms in total. The Morgan fingerprint density at radius 1 is 1.58 bits per heavy atom. The number of carbonyl (C=O) groups is 1. The van der Waals surface area contributed by atoms with Gasteiger partial charge in [-0.15, -0.1) is 16.8 Å². The van der Waals surface area contributed by atoms with Crippen LogP contribution in [0.1, 0.15) is 20.3 Å². The molecule has 24 heavy (non-hydrogen) atoms. The number of hydrogen-bond donors (Lipinski definition) is 1. The third-order valence-corrected chi connectivity index (χ3v) is 7.51. The summed E-state index contributed by atoms with van der Waals surface area (Å²) in [5.74, 6) is 0.177. The van der Waals surface area contributed by atoms with Gasteiger partial charge >= 0.3 is 0 Å². The average Bonchev–Trinajstić information content (AvgIpc) is 3.12. The number of aromatic nitrogens is 2. The summed E-state index contributed by atoms with van der Waals surface area (Å²) in [4.78, 5) is 14.4. The van der Waals surface area contributed by atoms with E-state index in [1.807, 2.05) is 13.8 Å². The minimum atomic E-state index is -3.01. The highest BCUT2D eigenvalue weighted by atomic mass is 32.2. The molecule has 1 aliphatic heterocycles. The van der Waals surface area contributed by atoms with Crippen LogP contribution in [0.2, 0.25) is 0 Å². The summed E-state index contributed by atoms with van der Waals surface area (Å²) in [7, 11) is -3.01. The fourth-order valence-electron chi connectivity index (χ4n) is 2.54. The van der Waals surface area contributed by atoms with Gasteiger partial charge in [-0.25, -0.2) is 8.42 Å². The lowest BCUT2D eigenvalue weighted by molar-refractivity contribution is -0.131. The minimum Gasteiger partial charge on any atom is -0.357 e. The second-order valence-corrected chi connectivity index (χ2v) is 10.3. The van der Waals surface area contributed by atoms with Crippen LogP contribution >= 0.6 is 23.1 Å². The molecule has 0 unspecified atom stereocenters. The van der Waals surface area contributed by atoms with Crippen molar-refractivity contribution in [2.24, 2.45) is 0 Å². The zero-order chi connectivity index (χ0) is 17.7. The minimum absolute atomic E-state index is 0.0552. The van der Waals surface area contributed by atoms with Crippen molar-refractivity contribution in [3.05, 3.63) is 12.7 Å². The Morgan fingerprint density at radius 2 is 2.33 bits per heavy atom. The molecule has 1 fully saturated rings. The predicted molar refractivity (Wildman–Crippen MR) is 98.4 cm³/mol. The molecule has 0 radical (unpaired) electrons. The molecule has 10 heteroatoms. The van der Waals surface area contributed by atoms with Crippen LogP contribution in [0.25, 0.3) is 0 Å². The zero-order valence-corrected chi connectivity index (χ0v) is 16.2. The van der Waals surface area contributed by atoms with Crippen LogP contribution in [-0.4, -0.2) is 65.3 Å². The molecule has 0 saturated carbocycles. The quantitative estimate of drug-likeness (QED) is 0.533. The van der Waals surface area contributed by atoms with Crippen molar-refractivity contribution in [3.63, 3.8) is 0 Å². The molecular weight excluding hydrogens is 368 g/mol. The van der Waals surface area contributed by atoms with Crippen LogP contribution in [-0.2, 0) is 14.6 Å². The van der Waals surface area contributed by atoms with E-state index in [0.29, 0.717) is 29.0 Å². The van der Waals surface area contributed by atoms with Crippen molar-refractivity contribution in [3.8, 4) is 0 Å². The molecule has 1 amide bonds. The first kappa shape index (κ1) is 19.2. The fraction of sp³-hybridized carbons (Fsp3) is 0.643. The number of carbonyl (C=O) groups excluding carboxylic acids is 1. The number of anilines is 1. The van der Waals surface area contributed by atoms with Crippen LogP contribution < -0.4 is 5.32 Å². The van der Waals surface area contributed by atoms with Gasteiger partial charge in [0.25, 0.3) is 0 Å². The van der Waals surface area contributed by atoms with E-state index in [4.69, 9.17) is 0 Å². The predicted octanol–water partition coefficient (Wildman–Crippen LogP) is 1.65. The third-order valence-electron chi connectivity index (χ3n) is 3.70. The first-order valence-electron chi connectivity index (χ1n) is 7.72. The van der Waals surface area contributed by atoms with E-state index in [0.717, 1.165) is 0 Å². The highest BCUT2D eigenvalue weighted by Crippen LogP contribution is 2.30. The van der Waals surface area contributed by atoms with Crippen LogP contribution in [0.4, 0.5) is 5.13 Å². The molecule has 0 spiro atoms. The first-order valence-corrected chi connectivity index (χ1v) is 11.2. The number of sulfone groups is 1. The van der Waals surface area contributed by atoms with Gasteiger partial charge in [-0.1, -0.05) is 29.2 Å². The van der Waals surface area contributed by atoms with E-state index < -0.39 is 9.84 Å². The number of nitrogens with zero attached hydrogens (tertiary/aromatic N) is 3. The van der Waals surface area contributed by atoms with Crippen molar-refractivity contribution in [2.45, 2.75) is 35.9 Å². The zero-order valence-electron chi connectivity index (χ0n) is 13.8. The lowest BCUT2D eigenvalue weighted by Gasteiger charge is -2.29. The second kappa shape index (κ2) is 8.30. The van der Waals surface area contributed by atoms with Crippen molar-refractivity contribution < 1.29 is 13.2 Å². The van der Waals surface area contributed by atoms with Gasteiger partial charge in [0.1, 0.15) is 0 Å². The van der Waals surface area contributed by atoms with Crippen molar-refractivity contribution in [1.82, 2.24) is 15.1 Å². The molecule has 0 aliphatic carbocycles. The van der Waals surface area contributed by atoms with Crippen LogP contribution in [0.5, 0.6) is 0 Å². The summed E-state index contributed by atoms with van der Waals surface area (Å²) >= 11 is 2.73. The Kier molecular flexibility index (Phi) is 6.64. The summed E-state index contributed by atoms with van der Waals surface area (Å²) in [5.41, 5.74) is 0. The van der Waals surface area contributed by atoms with Crippen LogP contribution in [0.3, 0.4) is 0 Å². The van der Waals surface area contributed by atoms with Crippen molar-refractivity contribution in [1.29, 1.82) is 0 Å². The summed E-state index contributed by atoms with van der Waals surface area (Å²) in [6.45, 7) is 8.43. The van der Waals surface area contributed by atoms with E-state index in [2.05, 4.69) is 22.1 Å². The van der Waals surface area contributed by atoms with Gasteiger partial charge in [0.2, 0.25) is 11.0 Å². The summed E-state index contributed by atoms with van der Waals surface area (Å²) in [6.07, 6.45) is 2.25. The molecule has 2 rings (SSSR count). The van der Waals surface area contributed by atoms with Gasteiger partial charge in [0.15, 0.2) is 14.2 Å². The number of nitrogens with one attached hydrogen (secondary N) is 1. The molecule has 1 aliphatic rings. The van der Waals surface area contributed by atoms with Crippen molar-refractivity contribution >= 4 is 44.0 Å². The third kappa shape index (κ3) is 4.93. The van der Waals surface area contributed by atoms with Gasteiger partial charge in [-0.05, 0) is 20.3 Å². The Balaban J connectivity index is 1.97. The van der Waals surface area contributed by atoms with Gasteiger partial charge in [0.05, 0.1) is 16.8 Å². The van der Waals surface area contributed by atoms with Gasteiger partial charge < -0.3 is 10.2 Å². The fourth-order valence-corrected chi connectivity index (χ4v) is 6.24. The lowest BCUT2D eigenvalue weighted by atomic mass is 10.2. The topological polar surface area (TPSA) is 92.3 Å². The molecular formula is C14H22N4O3S3. The summed E-state index contributed by atoms with van der Waals surface area (Å²) in [6, 6.07) is -0.213. The van der Waals surface area contributed by atoms with Crippen LogP contribution in [0.15, 0.2) is 17.0 Å². The standard InChI is InChI=1S/C14H22N4O3S3/c1-4-7-15-13-16-17-14(23-13)22-10(3)12(19)18(5-2)11-6-8-24(20,21)9-11/h4,10-11H,1,5-9H2,2-3H3,(H,15,16)/t10-,11+/m0/s1. The summed E-state index contributed by atoms with van der Waals surface area (Å²) < 4.78 is 24.0. The SMILES string of the molecule is C=CCNc1nnc(S[C@@H](C)C(=O)N(CC)[C@@H]2CCS(=O)(=O)C2)s1. The Bertz CT molecular complexity index is 689. The molecule has 0 aromatic carbocycles. The molecule has 1 aromatic rings. The molecule has 1 N–H and O–H groups in total. The number of amides is 1. The van der Waals surface area contributed by atoms with Gasteiger partial charge in [0, 0.05) is 19.1 Å². The van der Waals surface area contributed by atoms with Crippen molar-refractivity contribution in [2.75, 3.05) is 29.9 Å². The van der Waals surface area contributed by atoms with Gasteiger partial charge in [-0.3, -0.25) is 4.79 Å². The number of thioether (sulfide) groups is 1. The number of rotatable bonds is 8. The van der Waals surface area contributed by atoms with Gasteiger partial charge in [-0.2, -0.15) is 0 Å². The maximum absolute atomic E-state index is 12.7. The average molecular weight is 391 g/mol. The molecule has 0 bridgehead atoms. The van der Waals surface area contributed by atoms with E-state index in [1.165, 1.54) is 23.1 Å². The molecule has 2 heterocycles. The largest absolute Gasteiger partial charge is 0.357 e. The van der Waals surface area contributed by atoms with E-state index >= 15 is 0 Å². The van der Waals surface area contributed by atoms with E-state index in [9.17, 15) is 13.2 Å². The highest BCUT2D eigenvalue weighted by molar-refractivity contribution is 8.02. The first-order chi connectivity index (χ1) is 11.4. The maximum Gasteiger partial charge on any atom is 0.236 e. The van der Waals surface area contributed by atoms with Crippen LogP contribution in [0, 0.1) is 0 Å². The monoisotopic (exact) mass is 390 g/mol. The Hall–Kier alpha value is -1.13. The highest BCUT2D eigenvalue weighted by Gasteiger charge is 2.35. The molecule has 1 aromatic heterocycles. The molecule has 2 atom stereocenters. The maximum atomic E-state index is 12.7. The van der Waals surface area contributed by atoms with E-state index in [-0.39, 0.29) is 28.7 Å². The molecule has 134 valence electrons. The number of hydrogen-bond acceptors (Lipinski definition) is 8. The van der Waals surface area contributed by atoms with E-state index in [1.54, 1.807) is 11.0 Å². The lowest BCUT2D eigenvalue weighted by Crippen LogP contribution is -2.44. The Morgan fingerprint density at radius 3 is 2.92 bits per heavy atom. The summed E-state index contributed by atoms with van der Waals surface area (Å²) in [5, 5.41) is 11.5. The molecule has 1 saturated heterocycles. The normalized spacial score (nSPS) is 20.5. The second-order valence-electron chi connectivity index (χ2n) is 5.48. The smallest absolute Gasteiger partial charge is 0.236 e. The Labute approximate surface area is 150 Å².